The molecule has 2 aromatic rings. The molecule has 29 heavy (non-hydrogen) atoms. The van der Waals surface area contributed by atoms with Crippen LogP contribution in [0.2, 0.25) is 0 Å². The average Bonchev–Trinajstić information content (AvgIpc) is 2.74. The maximum atomic E-state index is 12.7. The number of esters is 1. The average molecular weight is 397 g/mol. The van der Waals surface area contributed by atoms with E-state index in [-0.39, 0.29) is 18.6 Å². The van der Waals surface area contributed by atoms with E-state index in [1.165, 1.54) is 0 Å². The molecule has 7 heteroatoms. The molecule has 1 aromatic heterocycles. The van der Waals surface area contributed by atoms with Gasteiger partial charge in [-0.15, -0.1) is 0 Å². The molecule has 0 spiro atoms. The van der Waals surface area contributed by atoms with Gasteiger partial charge in [-0.05, 0) is 31.4 Å². The zero-order valence-electron chi connectivity index (χ0n) is 16.9. The summed E-state index contributed by atoms with van der Waals surface area (Å²) in [6.45, 7) is 5.46. The molecular formula is C22H27N3O4. The van der Waals surface area contributed by atoms with Gasteiger partial charge < -0.3 is 19.7 Å². The highest BCUT2D eigenvalue weighted by Crippen LogP contribution is 2.29. The molecule has 0 unspecified atom stereocenters. The second kappa shape index (κ2) is 9.91. The molecule has 1 aliphatic rings. The Morgan fingerprint density at radius 1 is 1.17 bits per heavy atom. The Hall–Kier alpha value is -3.09. The summed E-state index contributed by atoms with van der Waals surface area (Å²) in [5.74, 6) is 0.582. The maximum Gasteiger partial charge on any atom is 0.342 e. The Kier molecular flexibility index (Phi) is 7.05. The number of carbonyl (C=O) groups excluding carboxylic acids is 2. The molecule has 1 aliphatic heterocycles. The van der Waals surface area contributed by atoms with E-state index in [1.54, 1.807) is 19.2 Å². The zero-order chi connectivity index (χ0) is 20.6. The molecule has 1 amide bonds. The van der Waals surface area contributed by atoms with Gasteiger partial charge in [-0.25, -0.2) is 9.78 Å². The molecule has 0 bridgehead atoms. The number of anilines is 1. The van der Waals surface area contributed by atoms with Gasteiger partial charge in [0.1, 0.15) is 12.2 Å². The number of carbonyl (C=O) groups is 2. The first-order valence-corrected chi connectivity index (χ1v) is 9.93. The lowest BCUT2D eigenvalue weighted by atomic mass is 10.0. The highest BCUT2D eigenvalue weighted by molar-refractivity contribution is 5.94. The fraction of sp³-hybridized carbons (Fsp3) is 0.409. The third-order valence-corrected chi connectivity index (χ3v) is 4.91. The molecule has 7 nitrogen and oxygen atoms in total. The van der Waals surface area contributed by atoms with Gasteiger partial charge in [0.2, 0.25) is 5.91 Å². The van der Waals surface area contributed by atoms with Gasteiger partial charge in [-0.2, -0.15) is 0 Å². The number of pyridine rings is 1. The van der Waals surface area contributed by atoms with Crippen molar-refractivity contribution in [1.29, 1.82) is 0 Å². The largest absolute Gasteiger partial charge is 0.489 e. The Bertz CT molecular complexity index is 833. The Labute approximate surface area is 171 Å². The number of hydrogen-bond donors (Lipinski definition) is 1. The molecule has 3 rings (SSSR count). The quantitative estimate of drug-likeness (QED) is 0.723. The van der Waals surface area contributed by atoms with Gasteiger partial charge in [-0.3, -0.25) is 4.79 Å². The van der Waals surface area contributed by atoms with E-state index < -0.39 is 5.97 Å². The Morgan fingerprint density at radius 3 is 2.55 bits per heavy atom. The number of piperidine rings is 1. The number of benzene rings is 1. The minimum Gasteiger partial charge on any atom is -0.489 e. The summed E-state index contributed by atoms with van der Waals surface area (Å²) >= 11 is 0. The van der Waals surface area contributed by atoms with Crippen molar-refractivity contribution in [2.45, 2.75) is 39.3 Å². The number of nitrogens with one attached hydrogen (secondary N) is 1. The van der Waals surface area contributed by atoms with Crippen LogP contribution in [-0.2, 0) is 16.1 Å². The molecule has 154 valence electrons. The van der Waals surface area contributed by atoms with Crippen molar-refractivity contribution >= 4 is 17.7 Å². The summed E-state index contributed by atoms with van der Waals surface area (Å²) in [5.41, 5.74) is 1.27. The van der Waals surface area contributed by atoms with Crippen LogP contribution in [0.1, 0.15) is 42.6 Å². The fourth-order valence-corrected chi connectivity index (χ4v) is 3.34. The number of hydrogen-bond acceptors (Lipinski definition) is 6. The van der Waals surface area contributed by atoms with Gasteiger partial charge >= 0.3 is 5.97 Å². The molecular weight excluding hydrogens is 370 g/mol. The van der Waals surface area contributed by atoms with E-state index in [2.05, 4.69) is 10.3 Å². The first-order chi connectivity index (χ1) is 14.1. The smallest absolute Gasteiger partial charge is 0.342 e. The van der Waals surface area contributed by atoms with Crippen LogP contribution in [0.4, 0.5) is 5.82 Å². The van der Waals surface area contributed by atoms with E-state index in [9.17, 15) is 9.59 Å². The summed E-state index contributed by atoms with van der Waals surface area (Å²) in [6.07, 6.45) is 3.21. The maximum absolute atomic E-state index is 12.7. The number of nitrogens with zero attached hydrogens (tertiary/aromatic N) is 2. The topological polar surface area (TPSA) is 80.8 Å². The molecule has 0 aliphatic carbocycles. The monoisotopic (exact) mass is 397 g/mol. The molecule has 1 saturated heterocycles. The van der Waals surface area contributed by atoms with E-state index in [4.69, 9.17) is 9.47 Å². The van der Waals surface area contributed by atoms with Crippen molar-refractivity contribution in [3.8, 4) is 5.75 Å². The first-order valence-electron chi connectivity index (χ1n) is 9.93. The number of aromatic nitrogens is 1. The number of rotatable bonds is 7. The summed E-state index contributed by atoms with van der Waals surface area (Å²) in [5, 5.41) is 3.38. The highest BCUT2D eigenvalue weighted by atomic mass is 16.5. The number of ether oxygens (including phenoxy) is 2. The Morgan fingerprint density at radius 2 is 1.90 bits per heavy atom. The molecule has 1 aromatic carbocycles. The van der Waals surface area contributed by atoms with Crippen LogP contribution < -0.4 is 10.1 Å². The van der Waals surface area contributed by atoms with Crippen LogP contribution in [0.5, 0.6) is 5.75 Å². The predicted molar refractivity (Wildman–Crippen MR) is 110 cm³/mol. The summed E-state index contributed by atoms with van der Waals surface area (Å²) in [6, 6.07) is 11.3. The van der Waals surface area contributed by atoms with Crippen LogP contribution in [-0.4, -0.2) is 47.5 Å². The summed E-state index contributed by atoms with van der Waals surface area (Å²) in [7, 11) is 0. The van der Waals surface area contributed by atoms with Gasteiger partial charge in [-0.1, -0.05) is 30.3 Å². The number of amides is 1. The van der Waals surface area contributed by atoms with Crippen molar-refractivity contribution in [3.63, 3.8) is 0 Å². The van der Waals surface area contributed by atoms with E-state index in [0.29, 0.717) is 36.8 Å². The summed E-state index contributed by atoms with van der Waals surface area (Å²) < 4.78 is 11.2. The van der Waals surface area contributed by atoms with Crippen LogP contribution in [0.25, 0.3) is 0 Å². The SMILES string of the molecule is CCOc1c(C(=O)OCc2ccccc2)ccnc1NC1CCN(C(C)=O)CC1. The molecule has 0 radical (unpaired) electrons. The van der Waals surface area contributed by atoms with Crippen LogP contribution in [0, 0.1) is 0 Å². The predicted octanol–water partition coefficient (Wildman–Crippen LogP) is 3.26. The standard InChI is InChI=1S/C22H27N3O4/c1-3-28-20-19(22(27)29-15-17-7-5-4-6-8-17)9-12-23-21(20)24-18-10-13-25(14-11-18)16(2)26/h4-9,12,18H,3,10-11,13-15H2,1-2H3,(H,23,24). The van der Waals surface area contributed by atoms with E-state index >= 15 is 0 Å². The van der Waals surface area contributed by atoms with Crippen LogP contribution in [0.3, 0.4) is 0 Å². The van der Waals surface area contributed by atoms with Crippen molar-refractivity contribution in [1.82, 2.24) is 9.88 Å². The fourth-order valence-electron chi connectivity index (χ4n) is 3.34. The molecule has 1 fully saturated rings. The lowest BCUT2D eigenvalue weighted by molar-refractivity contribution is -0.129. The minimum atomic E-state index is -0.450. The lowest BCUT2D eigenvalue weighted by Gasteiger charge is -2.32. The highest BCUT2D eigenvalue weighted by Gasteiger charge is 2.24. The second-order valence-corrected chi connectivity index (χ2v) is 6.96. The Balaban J connectivity index is 1.70. The van der Waals surface area contributed by atoms with Crippen molar-refractivity contribution in [3.05, 3.63) is 53.7 Å². The minimum absolute atomic E-state index is 0.0970. The zero-order valence-corrected chi connectivity index (χ0v) is 16.9. The van der Waals surface area contributed by atoms with Crippen molar-refractivity contribution < 1.29 is 19.1 Å². The van der Waals surface area contributed by atoms with E-state index in [0.717, 1.165) is 18.4 Å². The van der Waals surface area contributed by atoms with Crippen molar-refractivity contribution in [2.24, 2.45) is 0 Å². The number of likely N-dealkylation sites (tertiary alicyclic amines) is 1. The molecule has 0 atom stereocenters. The van der Waals surface area contributed by atoms with Gasteiger partial charge in [0.15, 0.2) is 11.6 Å². The first kappa shape index (κ1) is 20.6. The second-order valence-electron chi connectivity index (χ2n) is 6.96. The molecule has 1 N–H and O–H groups in total. The normalized spacial score (nSPS) is 14.3. The lowest BCUT2D eigenvalue weighted by Crippen LogP contribution is -2.41. The van der Waals surface area contributed by atoms with Crippen molar-refractivity contribution in [2.75, 3.05) is 25.0 Å². The van der Waals surface area contributed by atoms with Gasteiger partial charge in [0.25, 0.3) is 0 Å². The van der Waals surface area contributed by atoms with Crippen LogP contribution in [0.15, 0.2) is 42.6 Å². The third kappa shape index (κ3) is 5.47. The third-order valence-electron chi connectivity index (χ3n) is 4.91. The molecule has 0 saturated carbocycles. The van der Waals surface area contributed by atoms with E-state index in [1.807, 2.05) is 42.2 Å². The van der Waals surface area contributed by atoms with Gasteiger partial charge in [0, 0.05) is 32.3 Å². The van der Waals surface area contributed by atoms with Crippen LogP contribution >= 0.6 is 0 Å². The molecule has 2 heterocycles. The summed E-state index contributed by atoms with van der Waals surface area (Å²) in [4.78, 5) is 30.4. The van der Waals surface area contributed by atoms with Gasteiger partial charge in [0.05, 0.1) is 6.61 Å².